The van der Waals surface area contributed by atoms with Crippen molar-refractivity contribution in [3.8, 4) is 11.5 Å². The molecule has 98 valence electrons. The highest BCUT2D eigenvalue weighted by Gasteiger charge is 2.17. The Balaban J connectivity index is 2.17. The van der Waals surface area contributed by atoms with Crippen LogP contribution in [-0.4, -0.2) is 30.7 Å². The van der Waals surface area contributed by atoms with Crippen LogP contribution in [0.1, 0.15) is 5.69 Å². The predicted octanol–water partition coefficient (Wildman–Crippen LogP) is 1.39. The molecule has 3 aromatic rings. The Kier molecular flexibility index (Phi) is 3.08. The molecule has 0 unspecified atom stereocenters. The van der Waals surface area contributed by atoms with Gasteiger partial charge in [0.15, 0.2) is 5.82 Å². The van der Waals surface area contributed by atoms with Crippen LogP contribution in [0, 0.1) is 0 Å². The van der Waals surface area contributed by atoms with Crippen LogP contribution < -0.4 is 5.73 Å². The highest BCUT2D eigenvalue weighted by molar-refractivity contribution is 9.10. The third kappa shape index (κ3) is 1.95. The molecule has 2 N–H and O–H groups in total. The molecule has 0 aliphatic heterocycles. The van der Waals surface area contributed by atoms with E-state index in [0.29, 0.717) is 6.54 Å². The second-order valence-corrected chi connectivity index (χ2v) is 4.95. The van der Waals surface area contributed by atoms with Gasteiger partial charge in [-0.2, -0.15) is 4.52 Å². The summed E-state index contributed by atoms with van der Waals surface area (Å²) in [6.07, 6.45) is 2.48. The summed E-state index contributed by atoms with van der Waals surface area (Å²) in [5.41, 5.74) is 7.32. The van der Waals surface area contributed by atoms with Gasteiger partial charge in [0.2, 0.25) is 5.78 Å². The third-order valence-corrected chi connectivity index (χ3v) is 3.73. The van der Waals surface area contributed by atoms with Crippen LogP contribution in [0.15, 0.2) is 29.0 Å². The minimum absolute atomic E-state index is 0.565. The average molecular weight is 321 g/mol. The van der Waals surface area contributed by atoms with Crippen LogP contribution in [0.3, 0.4) is 0 Å². The minimum atomic E-state index is 0.565. The molecule has 0 fully saturated rings. The number of rotatable bonds is 3. The van der Waals surface area contributed by atoms with Crippen LogP contribution in [0.2, 0.25) is 0 Å². The molecular weight excluding hydrogens is 308 g/mol. The number of aromatic nitrogens is 5. The van der Waals surface area contributed by atoms with Gasteiger partial charge in [-0.25, -0.2) is 4.98 Å². The molecule has 0 amide bonds. The number of aryl methyl sites for hydroxylation is 1. The van der Waals surface area contributed by atoms with E-state index in [1.54, 1.807) is 10.7 Å². The number of hydrogen-bond acceptors (Lipinski definition) is 4. The van der Waals surface area contributed by atoms with Gasteiger partial charge >= 0.3 is 0 Å². The van der Waals surface area contributed by atoms with Crippen LogP contribution in [-0.2, 0) is 13.5 Å². The first kappa shape index (κ1) is 12.3. The van der Waals surface area contributed by atoms with E-state index in [-0.39, 0.29) is 0 Å². The summed E-state index contributed by atoms with van der Waals surface area (Å²) in [5, 5.41) is 4.55. The smallest absolute Gasteiger partial charge is 0.233 e. The second-order valence-electron chi connectivity index (χ2n) is 4.20. The van der Waals surface area contributed by atoms with E-state index in [1.807, 2.05) is 29.8 Å². The molecule has 19 heavy (non-hydrogen) atoms. The van der Waals surface area contributed by atoms with Gasteiger partial charge in [-0.15, -0.1) is 5.10 Å². The fourth-order valence-electron chi connectivity index (χ4n) is 2.00. The van der Waals surface area contributed by atoms with Crippen molar-refractivity contribution in [2.24, 2.45) is 12.8 Å². The molecule has 0 atom stereocenters. The Hall–Kier alpha value is -1.73. The SMILES string of the molecule is Cn1c(-c2ccccn2)nn2c(Br)c(CCN)nc12. The van der Waals surface area contributed by atoms with Crippen molar-refractivity contribution in [2.45, 2.75) is 6.42 Å². The molecule has 0 aliphatic rings. The number of halogens is 1. The van der Waals surface area contributed by atoms with E-state index in [9.17, 15) is 0 Å². The maximum absolute atomic E-state index is 5.57. The fourth-order valence-corrected chi connectivity index (χ4v) is 2.53. The Labute approximate surface area is 118 Å². The topological polar surface area (TPSA) is 74.0 Å². The highest BCUT2D eigenvalue weighted by Crippen LogP contribution is 2.23. The van der Waals surface area contributed by atoms with Crippen molar-refractivity contribution in [1.29, 1.82) is 0 Å². The molecule has 0 bridgehead atoms. The Morgan fingerprint density at radius 2 is 2.21 bits per heavy atom. The molecule has 3 aromatic heterocycles. The van der Waals surface area contributed by atoms with Crippen molar-refractivity contribution in [2.75, 3.05) is 6.54 Å². The summed E-state index contributed by atoms with van der Waals surface area (Å²) in [5.74, 6) is 1.55. The minimum Gasteiger partial charge on any atom is -0.330 e. The monoisotopic (exact) mass is 320 g/mol. The number of fused-ring (bicyclic) bond motifs is 1. The zero-order valence-electron chi connectivity index (χ0n) is 10.4. The van der Waals surface area contributed by atoms with E-state index < -0.39 is 0 Å². The molecule has 3 heterocycles. The van der Waals surface area contributed by atoms with E-state index in [1.165, 1.54) is 0 Å². The van der Waals surface area contributed by atoms with Crippen molar-refractivity contribution in [1.82, 2.24) is 24.1 Å². The average Bonchev–Trinajstić information content (AvgIpc) is 2.91. The Morgan fingerprint density at radius 3 is 2.84 bits per heavy atom. The second kappa shape index (κ2) is 4.75. The predicted molar refractivity (Wildman–Crippen MR) is 75.6 cm³/mol. The Bertz CT molecular complexity index is 715. The standard InChI is InChI=1S/C12H13BrN6/c1-18-11(9-4-2-3-7-15-9)17-19-10(13)8(5-6-14)16-12(18)19/h2-4,7H,5-6,14H2,1H3. The zero-order chi connectivity index (χ0) is 13.4. The van der Waals surface area contributed by atoms with Crippen LogP contribution >= 0.6 is 15.9 Å². The summed E-state index contributed by atoms with van der Waals surface area (Å²) in [6, 6.07) is 5.75. The number of pyridine rings is 1. The fraction of sp³-hybridized carbons (Fsp3) is 0.250. The number of hydrogen-bond donors (Lipinski definition) is 1. The molecule has 0 saturated carbocycles. The lowest BCUT2D eigenvalue weighted by Crippen LogP contribution is -2.04. The number of nitrogens with zero attached hydrogens (tertiary/aromatic N) is 5. The van der Waals surface area contributed by atoms with Gasteiger partial charge in [0.05, 0.1) is 5.69 Å². The largest absolute Gasteiger partial charge is 0.330 e. The molecule has 0 spiro atoms. The van der Waals surface area contributed by atoms with Crippen molar-refractivity contribution >= 4 is 21.7 Å². The van der Waals surface area contributed by atoms with Crippen LogP contribution in [0.4, 0.5) is 0 Å². The Morgan fingerprint density at radius 1 is 1.37 bits per heavy atom. The normalized spacial score (nSPS) is 11.3. The molecule has 3 rings (SSSR count). The maximum atomic E-state index is 5.57. The van der Waals surface area contributed by atoms with Gasteiger partial charge in [-0.05, 0) is 34.6 Å². The van der Waals surface area contributed by atoms with Gasteiger partial charge < -0.3 is 5.73 Å². The molecule has 7 heteroatoms. The number of nitrogens with two attached hydrogens (primary N) is 1. The molecule has 0 saturated heterocycles. The van der Waals surface area contributed by atoms with E-state index in [4.69, 9.17) is 5.73 Å². The van der Waals surface area contributed by atoms with E-state index >= 15 is 0 Å². The summed E-state index contributed by atoms with van der Waals surface area (Å²) >= 11 is 3.52. The quantitative estimate of drug-likeness (QED) is 0.791. The lowest BCUT2D eigenvalue weighted by molar-refractivity contribution is 0.889. The lowest BCUT2D eigenvalue weighted by Gasteiger charge is -1.99. The first-order chi connectivity index (χ1) is 9.22. The third-order valence-electron chi connectivity index (χ3n) is 2.94. The summed E-state index contributed by atoms with van der Waals surface area (Å²) < 4.78 is 4.55. The summed E-state index contributed by atoms with van der Waals surface area (Å²) in [6.45, 7) is 0.565. The van der Waals surface area contributed by atoms with Crippen molar-refractivity contribution in [3.63, 3.8) is 0 Å². The van der Waals surface area contributed by atoms with Gasteiger partial charge in [0.1, 0.15) is 10.3 Å². The molecule has 0 radical (unpaired) electrons. The molecule has 0 aromatic carbocycles. The highest BCUT2D eigenvalue weighted by atomic mass is 79.9. The van der Waals surface area contributed by atoms with Gasteiger partial charge in [0.25, 0.3) is 0 Å². The first-order valence-corrected chi connectivity index (χ1v) is 6.73. The van der Waals surface area contributed by atoms with E-state index in [2.05, 4.69) is 31.0 Å². The summed E-state index contributed by atoms with van der Waals surface area (Å²) in [7, 11) is 1.93. The van der Waals surface area contributed by atoms with Crippen molar-refractivity contribution < 1.29 is 0 Å². The van der Waals surface area contributed by atoms with Crippen LogP contribution in [0.25, 0.3) is 17.3 Å². The number of imidazole rings is 1. The summed E-state index contributed by atoms with van der Waals surface area (Å²) in [4.78, 5) is 8.87. The first-order valence-electron chi connectivity index (χ1n) is 5.93. The molecule has 0 aliphatic carbocycles. The zero-order valence-corrected chi connectivity index (χ0v) is 12.0. The van der Waals surface area contributed by atoms with Crippen LogP contribution in [0.5, 0.6) is 0 Å². The lowest BCUT2D eigenvalue weighted by atomic mass is 10.3. The molecular formula is C12H13BrN6. The van der Waals surface area contributed by atoms with Gasteiger partial charge in [-0.1, -0.05) is 6.07 Å². The van der Waals surface area contributed by atoms with E-state index in [0.717, 1.165) is 34.0 Å². The van der Waals surface area contributed by atoms with Gasteiger partial charge in [0, 0.05) is 19.7 Å². The maximum Gasteiger partial charge on any atom is 0.233 e. The van der Waals surface area contributed by atoms with Crippen molar-refractivity contribution in [3.05, 3.63) is 34.7 Å². The molecule has 6 nitrogen and oxygen atoms in total. The van der Waals surface area contributed by atoms with Gasteiger partial charge in [-0.3, -0.25) is 9.55 Å².